The fraction of sp³-hybridized carbons (Fsp3) is 0.160. The van der Waals surface area contributed by atoms with Crippen LogP contribution < -0.4 is 10.0 Å². The molecule has 0 fully saturated rings. The van der Waals surface area contributed by atoms with Gasteiger partial charge in [-0.1, -0.05) is 48.0 Å². The molecule has 2 aromatic carbocycles. The van der Waals surface area contributed by atoms with E-state index in [1.165, 1.54) is 24.3 Å². The summed E-state index contributed by atoms with van der Waals surface area (Å²) < 4.78 is 28.3. The van der Waals surface area contributed by atoms with Crippen LogP contribution in [0.5, 0.6) is 0 Å². The number of aryl methyl sites for hydroxylation is 1. The minimum Gasteiger partial charge on any atom is -0.337 e. The molecule has 4 rings (SSSR count). The first kappa shape index (κ1) is 27.9. The zero-order chi connectivity index (χ0) is 25.0. The Morgan fingerprint density at radius 1 is 1.00 bits per heavy atom. The number of urea groups is 1. The third-order valence-corrected chi connectivity index (χ3v) is 7.03. The molecule has 0 unspecified atom stereocenters. The minimum absolute atomic E-state index is 0. The largest absolute Gasteiger partial charge is 0.337 e. The van der Waals surface area contributed by atoms with E-state index < -0.39 is 16.1 Å². The smallest absolute Gasteiger partial charge is 0.328 e. The Morgan fingerprint density at radius 3 is 2.33 bits per heavy atom. The van der Waals surface area contributed by atoms with Gasteiger partial charge < -0.3 is 5.32 Å². The molecule has 2 amide bonds. The van der Waals surface area contributed by atoms with Crippen LogP contribution in [0, 0.1) is 13.8 Å². The van der Waals surface area contributed by atoms with E-state index in [4.69, 9.17) is 11.6 Å². The molecule has 2 heterocycles. The molecule has 1 radical (unpaired) electrons. The standard InChI is InChI=1S/C25H24ClN5O3S.Na/c1-17-24(20-6-4-3-5-7-20)18(2)31(29-17)23-13-8-19(16-28-23)14-15-27-25(32)30-35(33,34)22-11-9-21(26)10-12-22;/h3-13,16H,14-15H2,1-2H3,(H2,27,30,32);. The molecule has 0 saturated heterocycles. The number of nitrogens with zero attached hydrogens (tertiary/aromatic N) is 3. The third kappa shape index (κ3) is 6.54. The first-order chi connectivity index (χ1) is 16.7. The number of hydrogen-bond acceptors (Lipinski definition) is 5. The summed E-state index contributed by atoms with van der Waals surface area (Å²) in [5.74, 6) is 0.691. The third-order valence-electron chi connectivity index (χ3n) is 5.43. The predicted molar refractivity (Wildman–Crippen MR) is 141 cm³/mol. The molecule has 0 atom stereocenters. The van der Waals surface area contributed by atoms with Crippen molar-refractivity contribution >= 4 is 57.2 Å². The first-order valence-electron chi connectivity index (χ1n) is 10.9. The summed E-state index contributed by atoms with van der Waals surface area (Å²) in [6, 6.07) is 18.6. The zero-order valence-corrected chi connectivity index (χ0v) is 23.8. The fourth-order valence-electron chi connectivity index (χ4n) is 3.73. The van der Waals surface area contributed by atoms with Gasteiger partial charge in [-0.25, -0.2) is 27.6 Å². The molecule has 4 aromatic rings. The van der Waals surface area contributed by atoms with Gasteiger partial charge in [0.05, 0.1) is 16.3 Å². The molecule has 2 N–H and O–H groups in total. The normalized spacial score (nSPS) is 11.0. The van der Waals surface area contributed by atoms with Gasteiger partial charge in [0.2, 0.25) is 0 Å². The number of carbonyl (C=O) groups is 1. The Bertz CT molecular complexity index is 1440. The van der Waals surface area contributed by atoms with Crippen molar-refractivity contribution in [1.82, 2.24) is 24.8 Å². The summed E-state index contributed by atoms with van der Waals surface area (Å²) in [6.45, 7) is 4.23. The van der Waals surface area contributed by atoms with Crippen molar-refractivity contribution in [1.29, 1.82) is 0 Å². The summed E-state index contributed by atoms with van der Waals surface area (Å²) in [5.41, 5.74) is 4.99. The summed E-state index contributed by atoms with van der Waals surface area (Å²) in [4.78, 5) is 16.5. The molecule has 2 aromatic heterocycles. The minimum atomic E-state index is -3.98. The second-order valence-corrected chi connectivity index (χ2v) is 10.0. The number of sulfonamides is 1. The molecular weight excluding hydrogens is 509 g/mol. The summed E-state index contributed by atoms with van der Waals surface area (Å²) in [7, 11) is -3.98. The van der Waals surface area contributed by atoms with Crippen LogP contribution in [-0.2, 0) is 16.4 Å². The van der Waals surface area contributed by atoms with Gasteiger partial charge in [-0.15, -0.1) is 0 Å². The molecule has 11 heteroatoms. The number of halogens is 1. The van der Waals surface area contributed by atoms with Crippen LogP contribution in [0.1, 0.15) is 17.0 Å². The van der Waals surface area contributed by atoms with Crippen molar-refractivity contribution in [2.24, 2.45) is 0 Å². The maximum absolute atomic E-state index is 12.3. The predicted octanol–water partition coefficient (Wildman–Crippen LogP) is 4.05. The molecular formula is C25H24ClN5NaO3S. The van der Waals surface area contributed by atoms with Crippen LogP contribution in [0.25, 0.3) is 16.9 Å². The van der Waals surface area contributed by atoms with E-state index in [9.17, 15) is 13.2 Å². The number of carbonyl (C=O) groups excluding carboxylic acids is 1. The fourth-order valence-corrected chi connectivity index (χ4v) is 4.78. The molecule has 0 aliphatic heterocycles. The first-order valence-corrected chi connectivity index (χ1v) is 12.7. The van der Waals surface area contributed by atoms with Gasteiger partial charge in [-0.3, -0.25) is 0 Å². The van der Waals surface area contributed by atoms with Crippen LogP contribution in [0.3, 0.4) is 0 Å². The molecule has 0 aliphatic carbocycles. The average Bonchev–Trinajstić information content (AvgIpc) is 3.13. The van der Waals surface area contributed by atoms with Gasteiger partial charge in [-0.05, 0) is 61.7 Å². The maximum atomic E-state index is 12.3. The Balaban J connectivity index is 0.00000361. The number of hydrogen-bond donors (Lipinski definition) is 2. The Kier molecular flexibility index (Phi) is 9.32. The molecule has 36 heavy (non-hydrogen) atoms. The van der Waals surface area contributed by atoms with E-state index in [1.807, 2.05) is 53.6 Å². The zero-order valence-electron chi connectivity index (χ0n) is 20.2. The van der Waals surface area contributed by atoms with Gasteiger partial charge >= 0.3 is 6.03 Å². The molecule has 181 valence electrons. The topological polar surface area (TPSA) is 106 Å². The number of aromatic nitrogens is 3. The van der Waals surface area contributed by atoms with Crippen molar-refractivity contribution < 1.29 is 13.2 Å². The van der Waals surface area contributed by atoms with Crippen molar-refractivity contribution in [2.45, 2.75) is 25.2 Å². The number of nitrogens with one attached hydrogen (secondary N) is 2. The quantitative estimate of drug-likeness (QED) is 0.349. The van der Waals surface area contributed by atoms with Crippen LogP contribution >= 0.6 is 11.6 Å². The molecule has 0 saturated carbocycles. The van der Waals surface area contributed by atoms with Gasteiger partial charge in [0.15, 0.2) is 5.82 Å². The van der Waals surface area contributed by atoms with Gasteiger partial charge in [0.1, 0.15) is 0 Å². The molecule has 8 nitrogen and oxygen atoms in total. The van der Waals surface area contributed by atoms with Crippen LogP contribution in [0.15, 0.2) is 77.8 Å². The molecule has 0 spiro atoms. The van der Waals surface area contributed by atoms with Gasteiger partial charge in [0, 0.05) is 52.9 Å². The van der Waals surface area contributed by atoms with Crippen molar-refractivity contribution in [3.63, 3.8) is 0 Å². The molecule has 0 bridgehead atoms. The molecule has 0 aliphatic rings. The Labute approximate surface area is 237 Å². The van der Waals surface area contributed by atoms with E-state index in [2.05, 4.69) is 27.5 Å². The van der Waals surface area contributed by atoms with E-state index in [0.717, 1.165) is 28.1 Å². The number of pyridine rings is 1. The number of amides is 2. The van der Waals surface area contributed by atoms with E-state index in [-0.39, 0.29) is 41.0 Å². The van der Waals surface area contributed by atoms with Crippen LogP contribution in [0.2, 0.25) is 5.02 Å². The average molecular weight is 533 g/mol. The Hall–Kier alpha value is -2.69. The van der Waals surface area contributed by atoms with Crippen molar-refractivity contribution in [3.05, 3.63) is 94.9 Å². The number of rotatable bonds is 7. The van der Waals surface area contributed by atoms with Gasteiger partial charge in [0.25, 0.3) is 10.0 Å². The summed E-state index contributed by atoms with van der Waals surface area (Å²) >= 11 is 5.78. The van der Waals surface area contributed by atoms with E-state index >= 15 is 0 Å². The van der Waals surface area contributed by atoms with Gasteiger partial charge in [-0.2, -0.15) is 5.10 Å². The van der Waals surface area contributed by atoms with Crippen molar-refractivity contribution in [3.8, 4) is 16.9 Å². The Morgan fingerprint density at radius 2 is 1.69 bits per heavy atom. The monoisotopic (exact) mass is 532 g/mol. The van der Waals surface area contributed by atoms with E-state index in [1.54, 1.807) is 6.20 Å². The number of benzene rings is 2. The van der Waals surface area contributed by atoms with E-state index in [0.29, 0.717) is 17.3 Å². The van der Waals surface area contributed by atoms with Crippen LogP contribution in [0.4, 0.5) is 4.79 Å². The van der Waals surface area contributed by atoms with Crippen LogP contribution in [-0.4, -0.2) is 65.3 Å². The second kappa shape index (κ2) is 12.0. The SMILES string of the molecule is Cc1nn(-c2ccc(CCNC(=O)NS(=O)(=O)c3ccc(Cl)cc3)cn2)c(C)c1-c1ccccc1.[Na]. The summed E-state index contributed by atoms with van der Waals surface area (Å²) in [5, 5.41) is 7.62. The van der Waals surface area contributed by atoms with Crippen molar-refractivity contribution in [2.75, 3.05) is 6.54 Å². The second-order valence-electron chi connectivity index (χ2n) is 7.91. The maximum Gasteiger partial charge on any atom is 0.328 e. The summed E-state index contributed by atoms with van der Waals surface area (Å²) in [6.07, 6.45) is 2.20.